The van der Waals surface area contributed by atoms with Gasteiger partial charge >= 0.3 is 5.97 Å². The van der Waals surface area contributed by atoms with Crippen molar-refractivity contribution in [3.05, 3.63) is 36.5 Å². The monoisotopic (exact) mass is 220 g/mol. The Kier molecular flexibility index (Phi) is 5.05. The second kappa shape index (κ2) is 6.61. The van der Waals surface area contributed by atoms with Gasteiger partial charge in [-0.2, -0.15) is 0 Å². The van der Waals surface area contributed by atoms with Crippen LogP contribution in [0.3, 0.4) is 0 Å². The summed E-state index contributed by atoms with van der Waals surface area (Å²) in [4.78, 5) is 17.1. The molecular weight excluding hydrogens is 204 g/mol. The third-order valence-corrected chi connectivity index (χ3v) is 2.01. The average molecular weight is 220 g/mol. The van der Waals surface area contributed by atoms with E-state index in [1.807, 2.05) is 30.1 Å². The van der Waals surface area contributed by atoms with Gasteiger partial charge in [0.05, 0.1) is 6.54 Å². The Hall–Kier alpha value is -1.84. The van der Waals surface area contributed by atoms with Gasteiger partial charge in [0.2, 0.25) is 0 Å². The van der Waals surface area contributed by atoms with Crippen LogP contribution >= 0.6 is 0 Å². The van der Waals surface area contributed by atoms with Crippen molar-refractivity contribution in [3.63, 3.8) is 0 Å². The van der Waals surface area contributed by atoms with Gasteiger partial charge in [0.25, 0.3) is 0 Å². The molecule has 0 saturated carbocycles. The lowest BCUT2D eigenvalue weighted by molar-refractivity contribution is -0.137. The van der Waals surface area contributed by atoms with Crippen molar-refractivity contribution in [2.24, 2.45) is 0 Å². The Bertz CT molecular complexity index is 349. The lowest BCUT2D eigenvalue weighted by Gasteiger charge is -2.17. The Morgan fingerprint density at radius 2 is 2.38 bits per heavy atom. The number of nitrogens with zero attached hydrogens (tertiary/aromatic N) is 2. The van der Waals surface area contributed by atoms with Gasteiger partial charge in [-0.15, -0.1) is 0 Å². The number of carbonyl (C=O) groups is 1. The van der Waals surface area contributed by atoms with Gasteiger partial charge < -0.3 is 9.64 Å². The van der Waals surface area contributed by atoms with Gasteiger partial charge in [-0.25, -0.2) is 9.78 Å². The van der Waals surface area contributed by atoms with Crippen molar-refractivity contribution in [2.45, 2.75) is 6.92 Å². The van der Waals surface area contributed by atoms with E-state index in [1.165, 1.54) is 6.08 Å². The van der Waals surface area contributed by atoms with Crippen molar-refractivity contribution >= 4 is 11.8 Å². The summed E-state index contributed by atoms with van der Waals surface area (Å²) in [6.07, 6.45) is 4.79. The van der Waals surface area contributed by atoms with E-state index in [0.29, 0.717) is 13.2 Å². The molecule has 1 rings (SSSR count). The fourth-order valence-electron chi connectivity index (χ4n) is 1.16. The number of allylic oxidation sites excluding steroid dienone is 1. The van der Waals surface area contributed by atoms with E-state index >= 15 is 0 Å². The molecule has 0 amide bonds. The molecular formula is C12H16N2O2. The fraction of sp³-hybridized carbons (Fsp3) is 0.333. The molecule has 0 aliphatic carbocycles. The number of hydrogen-bond donors (Lipinski definition) is 0. The molecule has 16 heavy (non-hydrogen) atoms. The van der Waals surface area contributed by atoms with Crippen LogP contribution in [0.25, 0.3) is 0 Å². The highest BCUT2D eigenvalue weighted by Gasteiger charge is 2.02. The number of aromatic nitrogens is 1. The summed E-state index contributed by atoms with van der Waals surface area (Å²) in [6, 6.07) is 5.70. The topological polar surface area (TPSA) is 42.4 Å². The van der Waals surface area contributed by atoms with Crippen molar-refractivity contribution < 1.29 is 9.53 Å². The van der Waals surface area contributed by atoms with Crippen molar-refractivity contribution in [1.82, 2.24) is 4.98 Å². The first-order valence-corrected chi connectivity index (χ1v) is 5.15. The molecule has 4 nitrogen and oxygen atoms in total. The van der Waals surface area contributed by atoms with Crippen molar-refractivity contribution in [1.29, 1.82) is 0 Å². The lowest BCUT2D eigenvalue weighted by atomic mass is 10.4. The van der Waals surface area contributed by atoms with Crippen LogP contribution in [0.4, 0.5) is 5.82 Å². The second-order valence-electron chi connectivity index (χ2n) is 3.28. The number of likely N-dealkylation sites (N-methyl/N-ethyl adjacent to an activating group) is 1. The standard InChI is InChI=1S/C12H16N2O2/c1-3-6-12(15)16-10-9-14(2)11-7-4-5-8-13-11/h3-8H,9-10H2,1-2H3/b6-3+. The molecule has 0 N–H and O–H groups in total. The van der Waals surface area contributed by atoms with Crippen LogP contribution in [0.1, 0.15) is 6.92 Å². The zero-order chi connectivity index (χ0) is 11.8. The van der Waals surface area contributed by atoms with Crippen molar-refractivity contribution in [2.75, 3.05) is 25.1 Å². The molecule has 0 saturated heterocycles. The molecule has 86 valence electrons. The van der Waals surface area contributed by atoms with Gasteiger partial charge in [0.15, 0.2) is 0 Å². The normalized spacial score (nSPS) is 10.4. The van der Waals surface area contributed by atoms with Crippen molar-refractivity contribution in [3.8, 4) is 0 Å². The average Bonchev–Trinajstić information content (AvgIpc) is 2.30. The minimum atomic E-state index is -0.308. The summed E-state index contributed by atoms with van der Waals surface area (Å²) in [7, 11) is 1.91. The summed E-state index contributed by atoms with van der Waals surface area (Å²) in [6.45, 7) is 2.76. The summed E-state index contributed by atoms with van der Waals surface area (Å²) in [5.74, 6) is 0.557. The summed E-state index contributed by atoms with van der Waals surface area (Å²) in [5.41, 5.74) is 0. The zero-order valence-electron chi connectivity index (χ0n) is 9.59. The van der Waals surface area contributed by atoms with E-state index < -0.39 is 0 Å². The van der Waals surface area contributed by atoms with Gasteiger partial charge in [0, 0.05) is 19.3 Å². The van der Waals surface area contributed by atoms with Crippen LogP contribution in [0, 0.1) is 0 Å². The first-order valence-electron chi connectivity index (χ1n) is 5.15. The van der Waals surface area contributed by atoms with Crippen LogP contribution in [0.15, 0.2) is 36.5 Å². The Morgan fingerprint density at radius 3 is 3.00 bits per heavy atom. The molecule has 0 spiro atoms. The first-order chi connectivity index (χ1) is 7.74. The number of anilines is 1. The third kappa shape index (κ3) is 4.13. The number of rotatable bonds is 5. The van der Waals surface area contributed by atoms with E-state index in [-0.39, 0.29) is 5.97 Å². The van der Waals surface area contributed by atoms with Gasteiger partial charge in [-0.1, -0.05) is 12.1 Å². The Balaban J connectivity index is 2.31. The van der Waals surface area contributed by atoms with E-state index in [0.717, 1.165) is 5.82 Å². The number of esters is 1. The summed E-state index contributed by atoms with van der Waals surface area (Å²) >= 11 is 0. The zero-order valence-corrected chi connectivity index (χ0v) is 9.59. The van der Waals surface area contributed by atoms with E-state index in [2.05, 4.69) is 4.98 Å². The summed E-state index contributed by atoms with van der Waals surface area (Å²) < 4.78 is 4.98. The lowest BCUT2D eigenvalue weighted by Crippen LogP contribution is -2.24. The quantitative estimate of drug-likeness (QED) is 0.559. The maximum absolute atomic E-state index is 11.0. The largest absolute Gasteiger partial charge is 0.461 e. The van der Waals surface area contributed by atoms with Gasteiger partial charge in [-0.3, -0.25) is 0 Å². The minimum absolute atomic E-state index is 0.308. The van der Waals surface area contributed by atoms with Crippen LogP contribution < -0.4 is 4.90 Å². The van der Waals surface area contributed by atoms with Crippen LogP contribution in [0.2, 0.25) is 0 Å². The maximum atomic E-state index is 11.0. The number of ether oxygens (including phenoxy) is 1. The molecule has 0 aliphatic rings. The van der Waals surface area contributed by atoms with Gasteiger partial charge in [-0.05, 0) is 19.1 Å². The SMILES string of the molecule is C/C=C/C(=O)OCCN(C)c1ccccn1. The molecule has 0 aromatic carbocycles. The maximum Gasteiger partial charge on any atom is 0.330 e. The van der Waals surface area contributed by atoms with Crippen LogP contribution in [-0.4, -0.2) is 31.2 Å². The minimum Gasteiger partial charge on any atom is -0.461 e. The molecule has 1 heterocycles. The fourth-order valence-corrected chi connectivity index (χ4v) is 1.16. The number of pyridine rings is 1. The smallest absolute Gasteiger partial charge is 0.330 e. The predicted molar refractivity (Wildman–Crippen MR) is 63.3 cm³/mol. The summed E-state index contributed by atoms with van der Waals surface area (Å²) in [5, 5.41) is 0. The molecule has 4 heteroatoms. The molecule has 1 aromatic heterocycles. The van der Waals surface area contributed by atoms with Crippen LogP contribution in [0.5, 0.6) is 0 Å². The third-order valence-electron chi connectivity index (χ3n) is 2.01. The van der Waals surface area contributed by atoms with Gasteiger partial charge in [0.1, 0.15) is 12.4 Å². The Labute approximate surface area is 95.6 Å². The second-order valence-corrected chi connectivity index (χ2v) is 3.28. The highest BCUT2D eigenvalue weighted by atomic mass is 16.5. The molecule has 0 radical (unpaired) electrons. The molecule has 0 unspecified atom stereocenters. The molecule has 0 atom stereocenters. The highest BCUT2D eigenvalue weighted by molar-refractivity contribution is 5.81. The Morgan fingerprint density at radius 1 is 1.56 bits per heavy atom. The first kappa shape index (κ1) is 12.2. The van der Waals surface area contributed by atoms with Crippen LogP contribution in [-0.2, 0) is 9.53 Å². The number of carbonyl (C=O) groups excluding carboxylic acids is 1. The predicted octanol–water partition coefficient (Wildman–Crippen LogP) is 1.64. The molecule has 0 fully saturated rings. The molecule has 0 bridgehead atoms. The highest BCUT2D eigenvalue weighted by Crippen LogP contribution is 2.05. The van der Waals surface area contributed by atoms with E-state index in [9.17, 15) is 4.79 Å². The molecule has 1 aromatic rings. The van der Waals surface area contributed by atoms with E-state index in [1.54, 1.807) is 19.2 Å². The number of hydrogen-bond acceptors (Lipinski definition) is 4. The molecule has 0 aliphatic heterocycles. The van der Waals surface area contributed by atoms with E-state index in [4.69, 9.17) is 4.74 Å².